The zero-order chi connectivity index (χ0) is 12.3. The molecule has 0 heterocycles. The Morgan fingerprint density at radius 3 is 2.71 bits per heavy atom. The van der Waals surface area contributed by atoms with Crippen LogP contribution in [-0.2, 0) is 15.9 Å². The van der Waals surface area contributed by atoms with E-state index in [-0.39, 0.29) is 5.82 Å². The Morgan fingerprint density at radius 1 is 1.12 bits per heavy atom. The van der Waals surface area contributed by atoms with Gasteiger partial charge in [-0.3, -0.25) is 0 Å². The van der Waals surface area contributed by atoms with Crippen molar-refractivity contribution in [1.29, 1.82) is 0 Å². The van der Waals surface area contributed by atoms with Gasteiger partial charge in [-0.25, -0.2) is 4.39 Å². The highest BCUT2D eigenvalue weighted by molar-refractivity contribution is 5.17. The largest absolute Gasteiger partial charge is 0.382 e. The van der Waals surface area contributed by atoms with Crippen molar-refractivity contribution in [3.63, 3.8) is 0 Å². The number of nitrogens with one attached hydrogen (secondary N) is 1. The first-order valence-corrected chi connectivity index (χ1v) is 5.85. The van der Waals surface area contributed by atoms with Gasteiger partial charge < -0.3 is 14.8 Å². The summed E-state index contributed by atoms with van der Waals surface area (Å²) in [5, 5.41) is 3.21. The normalized spacial score (nSPS) is 10.7. The number of rotatable bonds is 9. The molecular weight excluding hydrogens is 221 g/mol. The van der Waals surface area contributed by atoms with Gasteiger partial charge in [0.25, 0.3) is 0 Å². The van der Waals surface area contributed by atoms with E-state index in [0.29, 0.717) is 26.2 Å². The molecule has 0 fully saturated rings. The Hall–Kier alpha value is -0.970. The predicted molar refractivity (Wildman–Crippen MR) is 65.7 cm³/mol. The molecule has 0 aliphatic heterocycles. The van der Waals surface area contributed by atoms with Gasteiger partial charge in [-0.2, -0.15) is 0 Å². The lowest BCUT2D eigenvalue weighted by Gasteiger charge is -2.06. The molecule has 0 radical (unpaired) electrons. The fraction of sp³-hybridized carbons (Fsp3) is 0.538. The van der Waals surface area contributed by atoms with Crippen LogP contribution in [0.25, 0.3) is 0 Å². The topological polar surface area (TPSA) is 30.5 Å². The fourth-order valence-corrected chi connectivity index (χ4v) is 1.44. The van der Waals surface area contributed by atoms with E-state index >= 15 is 0 Å². The molecule has 17 heavy (non-hydrogen) atoms. The molecule has 96 valence electrons. The summed E-state index contributed by atoms with van der Waals surface area (Å²) in [6, 6.07) is 6.86. The van der Waals surface area contributed by atoms with Gasteiger partial charge in [-0.15, -0.1) is 0 Å². The van der Waals surface area contributed by atoms with Crippen molar-refractivity contribution in [3.8, 4) is 0 Å². The average Bonchev–Trinajstić information content (AvgIpc) is 2.35. The van der Waals surface area contributed by atoms with Crippen LogP contribution in [0, 0.1) is 5.82 Å². The summed E-state index contributed by atoms with van der Waals surface area (Å²) in [7, 11) is 1.65. The van der Waals surface area contributed by atoms with Gasteiger partial charge in [0.1, 0.15) is 5.82 Å². The second-order valence-corrected chi connectivity index (χ2v) is 3.70. The summed E-state index contributed by atoms with van der Waals surface area (Å²) >= 11 is 0. The third kappa shape index (κ3) is 6.36. The SMILES string of the molecule is COCCOCCNCCc1ccccc1F. The van der Waals surface area contributed by atoms with Crippen molar-refractivity contribution >= 4 is 0 Å². The number of benzene rings is 1. The average molecular weight is 241 g/mol. The molecule has 0 aliphatic carbocycles. The van der Waals surface area contributed by atoms with Crippen LogP contribution >= 0.6 is 0 Å². The zero-order valence-electron chi connectivity index (χ0n) is 10.2. The Balaban J connectivity index is 1.99. The third-order valence-electron chi connectivity index (χ3n) is 2.38. The molecule has 0 aromatic heterocycles. The molecule has 0 amide bonds. The third-order valence-corrected chi connectivity index (χ3v) is 2.38. The fourth-order valence-electron chi connectivity index (χ4n) is 1.44. The quantitative estimate of drug-likeness (QED) is 0.666. The molecule has 1 aromatic rings. The first kappa shape index (κ1) is 14.1. The zero-order valence-corrected chi connectivity index (χ0v) is 10.2. The van der Waals surface area contributed by atoms with E-state index in [1.54, 1.807) is 13.2 Å². The summed E-state index contributed by atoms with van der Waals surface area (Å²) in [4.78, 5) is 0. The highest BCUT2D eigenvalue weighted by Gasteiger charge is 1.99. The Kier molecular flexibility index (Phi) is 7.54. The van der Waals surface area contributed by atoms with Crippen LogP contribution in [0.15, 0.2) is 24.3 Å². The van der Waals surface area contributed by atoms with Crippen molar-refractivity contribution in [2.45, 2.75) is 6.42 Å². The number of ether oxygens (including phenoxy) is 2. The van der Waals surface area contributed by atoms with Crippen LogP contribution in [0.5, 0.6) is 0 Å². The molecule has 0 bridgehead atoms. The van der Waals surface area contributed by atoms with Crippen LogP contribution in [0.3, 0.4) is 0 Å². The van der Waals surface area contributed by atoms with Gasteiger partial charge in [0.2, 0.25) is 0 Å². The summed E-state index contributed by atoms with van der Waals surface area (Å²) in [6.45, 7) is 3.42. The first-order chi connectivity index (χ1) is 8.34. The van der Waals surface area contributed by atoms with Crippen LogP contribution in [-0.4, -0.2) is 40.0 Å². The van der Waals surface area contributed by atoms with Crippen molar-refractivity contribution in [1.82, 2.24) is 5.32 Å². The lowest BCUT2D eigenvalue weighted by atomic mass is 10.1. The molecule has 1 N–H and O–H groups in total. The van der Waals surface area contributed by atoms with Gasteiger partial charge in [-0.05, 0) is 24.6 Å². The Labute approximate surface area is 102 Å². The molecule has 3 nitrogen and oxygen atoms in total. The van der Waals surface area contributed by atoms with Crippen molar-refractivity contribution < 1.29 is 13.9 Å². The minimum atomic E-state index is -0.134. The maximum atomic E-state index is 13.2. The highest BCUT2D eigenvalue weighted by Crippen LogP contribution is 2.05. The van der Waals surface area contributed by atoms with Crippen LogP contribution in [0.1, 0.15) is 5.56 Å². The van der Waals surface area contributed by atoms with E-state index in [1.807, 2.05) is 12.1 Å². The molecule has 0 atom stereocenters. The second kappa shape index (κ2) is 9.10. The van der Waals surface area contributed by atoms with Crippen LogP contribution < -0.4 is 5.32 Å². The second-order valence-electron chi connectivity index (χ2n) is 3.70. The summed E-state index contributed by atoms with van der Waals surface area (Å²) < 4.78 is 23.4. The van der Waals surface area contributed by atoms with Crippen LogP contribution in [0.2, 0.25) is 0 Å². The lowest BCUT2D eigenvalue weighted by molar-refractivity contribution is 0.0721. The van der Waals surface area contributed by atoms with E-state index in [0.717, 1.165) is 18.7 Å². The smallest absolute Gasteiger partial charge is 0.126 e. The van der Waals surface area contributed by atoms with Crippen molar-refractivity contribution in [2.75, 3.05) is 40.0 Å². The summed E-state index contributed by atoms with van der Waals surface area (Å²) in [5.74, 6) is -0.134. The molecular formula is C13H20FNO2. The van der Waals surface area contributed by atoms with E-state index in [1.165, 1.54) is 6.07 Å². The minimum absolute atomic E-state index is 0.134. The maximum Gasteiger partial charge on any atom is 0.126 e. The molecule has 0 aliphatic rings. The minimum Gasteiger partial charge on any atom is -0.382 e. The molecule has 0 unspecified atom stereocenters. The Morgan fingerprint density at radius 2 is 1.94 bits per heavy atom. The van der Waals surface area contributed by atoms with Crippen LogP contribution in [0.4, 0.5) is 4.39 Å². The standard InChI is InChI=1S/C13H20FNO2/c1-16-10-11-17-9-8-15-7-6-12-4-2-3-5-13(12)14/h2-5,15H,6-11H2,1H3. The van der Waals surface area contributed by atoms with E-state index in [9.17, 15) is 4.39 Å². The van der Waals surface area contributed by atoms with Gasteiger partial charge in [0.05, 0.1) is 19.8 Å². The summed E-state index contributed by atoms with van der Waals surface area (Å²) in [6.07, 6.45) is 0.699. The van der Waals surface area contributed by atoms with Gasteiger partial charge >= 0.3 is 0 Å². The van der Waals surface area contributed by atoms with E-state index in [2.05, 4.69) is 5.32 Å². The first-order valence-electron chi connectivity index (χ1n) is 5.85. The van der Waals surface area contributed by atoms with Crippen molar-refractivity contribution in [2.24, 2.45) is 0 Å². The molecule has 4 heteroatoms. The van der Waals surface area contributed by atoms with E-state index in [4.69, 9.17) is 9.47 Å². The van der Waals surface area contributed by atoms with E-state index < -0.39 is 0 Å². The van der Waals surface area contributed by atoms with Gasteiger partial charge in [0.15, 0.2) is 0 Å². The summed E-state index contributed by atoms with van der Waals surface area (Å²) in [5.41, 5.74) is 0.750. The molecule has 0 spiro atoms. The van der Waals surface area contributed by atoms with Gasteiger partial charge in [-0.1, -0.05) is 18.2 Å². The number of hydrogen-bond donors (Lipinski definition) is 1. The Bertz CT molecular complexity index is 307. The predicted octanol–water partition coefficient (Wildman–Crippen LogP) is 1.62. The monoisotopic (exact) mass is 241 g/mol. The maximum absolute atomic E-state index is 13.2. The number of hydrogen-bond acceptors (Lipinski definition) is 3. The lowest BCUT2D eigenvalue weighted by Crippen LogP contribution is -2.23. The van der Waals surface area contributed by atoms with Gasteiger partial charge in [0, 0.05) is 13.7 Å². The molecule has 1 rings (SSSR count). The number of halogens is 1. The number of methoxy groups -OCH3 is 1. The van der Waals surface area contributed by atoms with Crippen molar-refractivity contribution in [3.05, 3.63) is 35.6 Å². The molecule has 0 saturated heterocycles. The highest BCUT2D eigenvalue weighted by atomic mass is 19.1. The molecule has 1 aromatic carbocycles. The molecule has 0 saturated carbocycles.